The molecule has 0 bridgehead atoms. The fourth-order valence-corrected chi connectivity index (χ4v) is 1.97. The molecule has 6 heteroatoms. The lowest BCUT2D eigenvalue weighted by atomic mass is 10.1. The van der Waals surface area contributed by atoms with Gasteiger partial charge in [-0.05, 0) is 12.5 Å². The Morgan fingerprint density at radius 2 is 2.05 bits per heavy atom. The number of nitrogens with one attached hydrogen (secondary N) is 2. The van der Waals surface area contributed by atoms with Crippen molar-refractivity contribution in [3.05, 3.63) is 42.1 Å². The summed E-state index contributed by atoms with van der Waals surface area (Å²) < 4.78 is 0. The molecule has 0 spiro atoms. The number of carbonyl (C=O) groups is 2. The number of hydrogen-bond donors (Lipinski definition) is 3. The van der Waals surface area contributed by atoms with E-state index in [0.717, 1.165) is 5.56 Å². The highest BCUT2D eigenvalue weighted by molar-refractivity contribution is 5.93. The molecule has 3 N–H and O–H groups in total. The predicted molar refractivity (Wildman–Crippen MR) is 77.8 cm³/mol. The Labute approximate surface area is 122 Å². The van der Waals surface area contributed by atoms with Crippen LogP contribution in [0.15, 0.2) is 36.4 Å². The molecule has 1 unspecified atom stereocenters. The molecule has 0 aliphatic heterocycles. The van der Waals surface area contributed by atoms with Gasteiger partial charge in [-0.2, -0.15) is 5.10 Å². The second-order valence-electron chi connectivity index (χ2n) is 4.71. The highest BCUT2D eigenvalue weighted by Crippen LogP contribution is 2.16. The Balaban J connectivity index is 2.07. The van der Waals surface area contributed by atoms with Crippen molar-refractivity contribution in [2.45, 2.75) is 25.8 Å². The fraction of sp³-hybridized carbons (Fsp3) is 0.267. The molecule has 0 fully saturated rings. The number of aromatic amines is 1. The smallest absolute Gasteiger partial charge is 0.305 e. The first-order valence-corrected chi connectivity index (χ1v) is 6.73. The van der Waals surface area contributed by atoms with Gasteiger partial charge in [0.25, 0.3) is 5.91 Å². The lowest BCUT2D eigenvalue weighted by molar-refractivity contribution is -0.137. The summed E-state index contributed by atoms with van der Waals surface area (Å²) in [6.45, 7) is 1.83. The highest BCUT2D eigenvalue weighted by atomic mass is 16.4. The van der Waals surface area contributed by atoms with Gasteiger partial charge in [-0.1, -0.05) is 37.3 Å². The zero-order chi connectivity index (χ0) is 15.2. The number of aromatic nitrogens is 2. The molecule has 2 aromatic rings. The van der Waals surface area contributed by atoms with Crippen LogP contribution in [0.3, 0.4) is 0 Å². The normalized spacial score (nSPS) is 11.9. The summed E-state index contributed by atoms with van der Waals surface area (Å²) in [6, 6.07) is 10.7. The number of carboxylic acids is 1. The quantitative estimate of drug-likeness (QED) is 0.757. The summed E-state index contributed by atoms with van der Waals surface area (Å²) in [5.41, 5.74) is 1.90. The van der Waals surface area contributed by atoms with Gasteiger partial charge in [0, 0.05) is 11.6 Å². The average molecular weight is 287 g/mol. The number of H-pyrrole nitrogens is 1. The Hall–Kier alpha value is -2.63. The van der Waals surface area contributed by atoms with Crippen LogP contribution in [0.2, 0.25) is 0 Å². The number of aliphatic carboxylic acids is 1. The van der Waals surface area contributed by atoms with Crippen molar-refractivity contribution in [1.29, 1.82) is 0 Å². The summed E-state index contributed by atoms with van der Waals surface area (Å²) in [6.07, 6.45) is 0.458. The molecular weight excluding hydrogens is 270 g/mol. The molecule has 21 heavy (non-hydrogen) atoms. The topological polar surface area (TPSA) is 95.1 Å². The van der Waals surface area contributed by atoms with Gasteiger partial charge in [-0.25, -0.2) is 0 Å². The van der Waals surface area contributed by atoms with Crippen LogP contribution in [0.25, 0.3) is 11.3 Å². The zero-order valence-electron chi connectivity index (χ0n) is 11.7. The minimum Gasteiger partial charge on any atom is -0.481 e. The lowest BCUT2D eigenvalue weighted by Gasteiger charge is -2.13. The summed E-state index contributed by atoms with van der Waals surface area (Å²) in [5.74, 6) is -1.28. The Morgan fingerprint density at radius 1 is 1.33 bits per heavy atom. The lowest BCUT2D eigenvalue weighted by Crippen LogP contribution is -2.36. The SMILES string of the molecule is CCC(CC(=O)O)NC(=O)c1cc(-c2ccccc2)n[nH]1. The molecule has 0 aliphatic carbocycles. The molecule has 0 saturated heterocycles. The van der Waals surface area contributed by atoms with Gasteiger partial charge in [-0.15, -0.1) is 0 Å². The third-order valence-electron chi connectivity index (χ3n) is 3.14. The maximum absolute atomic E-state index is 12.1. The van der Waals surface area contributed by atoms with Crippen LogP contribution in [0.1, 0.15) is 30.3 Å². The molecule has 1 aromatic heterocycles. The third kappa shape index (κ3) is 3.92. The van der Waals surface area contributed by atoms with Crippen LogP contribution < -0.4 is 5.32 Å². The van der Waals surface area contributed by atoms with E-state index in [0.29, 0.717) is 17.8 Å². The van der Waals surface area contributed by atoms with E-state index in [1.807, 2.05) is 37.3 Å². The highest BCUT2D eigenvalue weighted by Gasteiger charge is 2.17. The molecule has 1 heterocycles. The Morgan fingerprint density at radius 3 is 2.67 bits per heavy atom. The van der Waals surface area contributed by atoms with Crippen molar-refractivity contribution < 1.29 is 14.7 Å². The zero-order valence-corrected chi connectivity index (χ0v) is 11.7. The van der Waals surface area contributed by atoms with E-state index in [1.54, 1.807) is 6.07 Å². The van der Waals surface area contributed by atoms with Crippen LogP contribution in [-0.4, -0.2) is 33.2 Å². The number of amides is 1. The maximum Gasteiger partial charge on any atom is 0.305 e. The summed E-state index contributed by atoms with van der Waals surface area (Å²) >= 11 is 0. The van der Waals surface area contributed by atoms with Crippen molar-refractivity contribution in [3.8, 4) is 11.3 Å². The second-order valence-corrected chi connectivity index (χ2v) is 4.71. The average Bonchev–Trinajstić information content (AvgIpc) is 2.97. The number of hydrogen-bond acceptors (Lipinski definition) is 3. The van der Waals surface area contributed by atoms with Crippen LogP contribution >= 0.6 is 0 Å². The molecule has 110 valence electrons. The van der Waals surface area contributed by atoms with E-state index >= 15 is 0 Å². The summed E-state index contributed by atoms with van der Waals surface area (Å²) in [7, 11) is 0. The molecule has 1 aromatic carbocycles. The minimum atomic E-state index is -0.934. The number of benzene rings is 1. The number of rotatable bonds is 6. The first-order valence-electron chi connectivity index (χ1n) is 6.73. The standard InChI is InChI=1S/C15H17N3O3/c1-2-11(8-14(19)20)16-15(21)13-9-12(17-18-13)10-6-4-3-5-7-10/h3-7,9,11H,2,8H2,1H3,(H,16,21)(H,17,18)(H,19,20). The van der Waals surface area contributed by atoms with Crippen LogP contribution in [0, 0.1) is 0 Å². The van der Waals surface area contributed by atoms with E-state index in [9.17, 15) is 9.59 Å². The third-order valence-corrected chi connectivity index (χ3v) is 3.14. The van der Waals surface area contributed by atoms with Gasteiger partial charge in [-0.3, -0.25) is 14.7 Å². The molecule has 1 atom stereocenters. The van der Waals surface area contributed by atoms with E-state index in [4.69, 9.17) is 5.11 Å². The molecule has 1 amide bonds. The minimum absolute atomic E-state index is 0.0953. The van der Waals surface area contributed by atoms with Crippen molar-refractivity contribution in [3.63, 3.8) is 0 Å². The fourth-order valence-electron chi connectivity index (χ4n) is 1.97. The van der Waals surface area contributed by atoms with Crippen molar-refractivity contribution in [2.75, 3.05) is 0 Å². The van der Waals surface area contributed by atoms with Crippen LogP contribution in [0.5, 0.6) is 0 Å². The Bertz CT molecular complexity index is 622. The largest absolute Gasteiger partial charge is 0.481 e. The molecule has 2 rings (SSSR count). The molecule has 6 nitrogen and oxygen atoms in total. The van der Waals surface area contributed by atoms with Gasteiger partial charge in [0.15, 0.2) is 0 Å². The molecule has 0 radical (unpaired) electrons. The van der Waals surface area contributed by atoms with Gasteiger partial charge < -0.3 is 10.4 Å². The molecular formula is C15H17N3O3. The predicted octanol–water partition coefficient (Wildman–Crippen LogP) is 2.06. The monoisotopic (exact) mass is 287 g/mol. The van der Waals surface area contributed by atoms with E-state index in [2.05, 4.69) is 15.5 Å². The van der Waals surface area contributed by atoms with Crippen molar-refractivity contribution >= 4 is 11.9 Å². The molecule has 0 saturated carbocycles. The van der Waals surface area contributed by atoms with E-state index < -0.39 is 12.0 Å². The number of nitrogens with zero attached hydrogens (tertiary/aromatic N) is 1. The number of carboxylic acid groups (broad SMARTS) is 1. The first kappa shape index (κ1) is 14.8. The van der Waals surface area contributed by atoms with Gasteiger partial charge in [0.2, 0.25) is 0 Å². The molecule has 0 aliphatic rings. The van der Waals surface area contributed by atoms with Crippen LogP contribution in [-0.2, 0) is 4.79 Å². The van der Waals surface area contributed by atoms with Gasteiger partial charge in [0.05, 0.1) is 12.1 Å². The van der Waals surface area contributed by atoms with E-state index in [1.165, 1.54) is 0 Å². The van der Waals surface area contributed by atoms with Gasteiger partial charge >= 0.3 is 5.97 Å². The summed E-state index contributed by atoms with van der Waals surface area (Å²) in [5, 5.41) is 18.2. The van der Waals surface area contributed by atoms with Gasteiger partial charge in [0.1, 0.15) is 5.69 Å². The second kappa shape index (κ2) is 6.69. The van der Waals surface area contributed by atoms with E-state index in [-0.39, 0.29) is 12.3 Å². The van der Waals surface area contributed by atoms with Crippen LogP contribution in [0.4, 0.5) is 0 Å². The maximum atomic E-state index is 12.1. The summed E-state index contributed by atoms with van der Waals surface area (Å²) in [4.78, 5) is 22.8. The number of carbonyl (C=O) groups excluding carboxylic acids is 1. The van der Waals surface area contributed by atoms with Crippen molar-refractivity contribution in [2.24, 2.45) is 0 Å². The Kier molecular flexibility index (Phi) is 4.71. The van der Waals surface area contributed by atoms with Crippen molar-refractivity contribution in [1.82, 2.24) is 15.5 Å². The first-order chi connectivity index (χ1) is 10.1.